The first-order chi connectivity index (χ1) is 9.33. The molecule has 0 fully saturated rings. The summed E-state index contributed by atoms with van der Waals surface area (Å²) in [5, 5.41) is 0. The predicted octanol–water partition coefficient (Wildman–Crippen LogP) is 2.41. The molecule has 2 heterocycles. The SMILES string of the molecule is COc1ccc(OC)c(-c2cnc3cnccn23)c1. The van der Waals surface area contributed by atoms with Crippen LogP contribution in [0.15, 0.2) is 43.0 Å². The summed E-state index contributed by atoms with van der Waals surface area (Å²) in [6, 6.07) is 5.69. The molecule has 0 atom stereocenters. The molecule has 19 heavy (non-hydrogen) atoms. The van der Waals surface area contributed by atoms with Crippen LogP contribution in [0.1, 0.15) is 0 Å². The van der Waals surface area contributed by atoms with Gasteiger partial charge < -0.3 is 9.47 Å². The fourth-order valence-electron chi connectivity index (χ4n) is 2.06. The molecule has 5 nitrogen and oxygen atoms in total. The van der Waals surface area contributed by atoms with Gasteiger partial charge in [-0.25, -0.2) is 4.98 Å². The first-order valence-electron chi connectivity index (χ1n) is 5.83. The van der Waals surface area contributed by atoms with Gasteiger partial charge >= 0.3 is 0 Å². The Morgan fingerprint density at radius 1 is 1.11 bits per heavy atom. The Morgan fingerprint density at radius 2 is 2.00 bits per heavy atom. The van der Waals surface area contributed by atoms with Crippen LogP contribution in [0.4, 0.5) is 0 Å². The second-order valence-electron chi connectivity index (χ2n) is 4.01. The van der Waals surface area contributed by atoms with E-state index in [9.17, 15) is 0 Å². The minimum Gasteiger partial charge on any atom is -0.497 e. The highest BCUT2D eigenvalue weighted by atomic mass is 16.5. The summed E-state index contributed by atoms with van der Waals surface area (Å²) in [6.07, 6.45) is 7.12. The molecule has 0 aliphatic carbocycles. The zero-order valence-corrected chi connectivity index (χ0v) is 10.7. The molecule has 0 N–H and O–H groups in total. The van der Waals surface area contributed by atoms with Crippen LogP contribution in [0, 0.1) is 0 Å². The zero-order chi connectivity index (χ0) is 13.2. The van der Waals surface area contributed by atoms with Gasteiger partial charge in [-0.3, -0.25) is 9.38 Å². The summed E-state index contributed by atoms with van der Waals surface area (Å²) in [6.45, 7) is 0. The third kappa shape index (κ3) is 1.89. The fourth-order valence-corrected chi connectivity index (χ4v) is 2.06. The number of benzene rings is 1. The van der Waals surface area contributed by atoms with Crippen molar-refractivity contribution in [3.05, 3.63) is 43.0 Å². The van der Waals surface area contributed by atoms with E-state index in [4.69, 9.17) is 9.47 Å². The largest absolute Gasteiger partial charge is 0.497 e. The van der Waals surface area contributed by atoms with Gasteiger partial charge in [-0.15, -0.1) is 0 Å². The Morgan fingerprint density at radius 3 is 2.79 bits per heavy atom. The van der Waals surface area contributed by atoms with E-state index in [0.717, 1.165) is 28.4 Å². The van der Waals surface area contributed by atoms with Crippen molar-refractivity contribution in [3.8, 4) is 22.8 Å². The van der Waals surface area contributed by atoms with Gasteiger partial charge in [0.1, 0.15) is 11.5 Å². The van der Waals surface area contributed by atoms with E-state index in [1.165, 1.54) is 0 Å². The second-order valence-corrected chi connectivity index (χ2v) is 4.01. The topological polar surface area (TPSA) is 48.7 Å². The van der Waals surface area contributed by atoms with Gasteiger partial charge in [0, 0.05) is 18.0 Å². The maximum absolute atomic E-state index is 5.41. The van der Waals surface area contributed by atoms with Crippen molar-refractivity contribution in [2.75, 3.05) is 14.2 Å². The number of ether oxygens (including phenoxy) is 2. The molecule has 0 saturated heterocycles. The zero-order valence-electron chi connectivity index (χ0n) is 10.7. The number of fused-ring (bicyclic) bond motifs is 1. The molecule has 5 heteroatoms. The van der Waals surface area contributed by atoms with Crippen molar-refractivity contribution in [1.82, 2.24) is 14.4 Å². The van der Waals surface area contributed by atoms with Crippen LogP contribution in [-0.2, 0) is 0 Å². The Hall–Kier alpha value is -2.56. The fraction of sp³-hybridized carbons (Fsp3) is 0.143. The molecule has 0 spiro atoms. The van der Waals surface area contributed by atoms with Crippen LogP contribution >= 0.6 is 0 Å². The maximum atomic E-state index is 5.41. The molecule has 0 aliphatic rings. The molecule has 0 saturated carbocycles. The number of hydrogen-bond acceptors (Lipinski definition) is 4. The molecular formula is C14H13N3O2. The number of imidazole rings is 1. The molecule has 1 aromatic carbocycles. The molecule has 3 rings (SSSR count). The van der Waals surface area contributed by atoms with Gasteiger partial charge in [0.25, 0.3) is 0 Å². The van der Waals surface area contributed by atoms with E-state index in [-0.39, 0.29) is 0 Å². The Labute approximate surface area is 110 Å². The minimum absolute atomic E-state index is 0.777. The van der Waals surface area contributed by atoms with Crippen LogP contribution in [0.5, 0.6) is 11.5 Å². The van der Waals surface area contributed by atoms with E-state index in [1.807, 2.05) is 28.8 Å². The quantitative estimate of drug-likeness (QED) is 0.721. The highest BCUT2D eigenvalue weighted by Gasteiger charge is 2.12. The average molecular weight is 255 g/mol. The lowest BCUT2D eigenvalue weighted by Crippen LogP contribution is -1.93. The molecule has 96 valence electrons. The maximum Gasteiger partial charge on any atom is 0.155 e. The predicted molar refractivity (Wildman–Crippen MR) is 71.5 cm³/mol. The van der Waals surface area contributed by atoms with Gasteiger partial charge in [-0.2, -0.15) is 0 Å². The van der Waals surface area contributed by atoms with Gasteiger partial charge in [0.2, 0.25) is 0 Å². The van der Waals surface area contributed by atoms with E-state index < -0.39 is 0 Å². The van der Waals surface area contributed by atoms with Gasteiger partial charge in [-0.05, 0) is 18.2 Å². The summed E-state index contributed by atoms with van der Waals surface area (Å²) in [5.41, 5.74) is 2.66. The van der Waals surface area contributed by atoms with E-state index in [1.54, 1.807) is 32.8 Å². The van der Waals surface area contributed by atoms with Crippen molar-refractivity contribution >= 4 is 5.65 Å². The number of aromatic nitrogens is 3. The summed E-state index contributed by atoms with van der Waals surface area (Å²) in [7, 11) is 3.29. The van der Waals surface area contributed by atoms with Crippen molar-refractivity contribution < 1.29 is 9.47 Å². The third-order valence-electron chi connectivity index (χ3n) is 3.00. The smallest absolute Gasteiger partial charge is 0.155 e. The van der Waals surface area contributed by atoms with Crippen molar-refractivity contribution in [3.63, 3.8) is 0 Å². The Bertz CT molecular complexity index is 722. The number of nitrogens with zero attached hydrogens (tertiary/aromatic N) is 3. The number of rotatable bonds is 3. The van der Waals surface area contributed by atoms with E-state index in [0.29, 0.717) is 0 Å². The van der Waals surface area contributed by atoms with Crippen molar-refractivity contribution in [2.24, 2.45) is 0 Å². The van der Waals surface area contributed by atoms with Crippen LogP contribution in [0.2, 0.25) is 0 Å². The molecule has 0 radical (unpaired) electrons. The lowest BCUT2D eigenvalue weighted by molar-refractivity contribution is 0.404. The van der Waals surface area contributed by atoms with Crippen molar-refractivity contribution in [1.29, 1.82) is 0 Å². The summed E-state index contributed by atoms with van der Waals surface area (Å²) in [5.74, 6) is 1.55. The number of hydrogen-bond donors (Lipinski definition) is 0. The second kappa shape index (κ2) is 4.61. The lowest BCUT2D eigenvalue weighted by Gasteiger charge is -2.10. The summed E-state index contributed by atoms with van der Waals surface area (Å²) in [4.78, 5) is 8.39. The van der Waals surface area contributed by atoms with E-state index in [2.05, 4.69) is 9.97 Å². The molecule has 0 bridgehead atoms. The lowest BCUT2D eigenvalue weighted by atomic mass is 10.1. The van der Waals surface area contributed by atoms with Crippen LogP contribution < -0.4 is 9.47 Å². The molecule has 3 aromatic rings. The van der Waals surface area contributed by atoms with E-state index >= 15 is 0 Å². The first-order valence-corrected chi connectivity index (χ1v) is 5.83. The summed E-state index contributed by atoms with van der Waals surface area (Å²) < 4.78 is 12.6. The molecule has 0 aliphatic heterocycles. The molecule has 0 amide bonds. The van der Waals surface area contributed by atoms with Crippen molar-refractivity contribution in [2.45, 2.75) is 0 Å². The third-order valence-corrected chi connectivity index (χ3v) is 3.00. The Kier molecular flexibility index (Phi) is 2.79. The highest BCUT2D eigenvalue weighted by Crippen LogP contribution is 2.33. The van der Waals surface area contributed by atoms with Gasteiger partial charge in [0.05, 0.1) is 32.3 Å². The normalized spacial score (nSPS) is 10.6. The first kappa shape index (κ1) is 11.5. The number of methoxy groups -OCH3 is 2. The van der Waals surface area contributed by atoms with Gasteiger partial charge in [0.15, 0.2) is 5.65 Å². The van der Waals surface area contributed by atoms with Crippen LogP contribution in [0.3, 0.4) is 0 Å². The molecule has 2 aromatic heterocycles. The summed E-state index contributed by atoms with van der Waals surface area (Å²) >= 11 is 0. The van der Waals surface area contributed by atoms with Gasteiger partial charge in [-0.1, -0.05) is 0 Å². The monoisotopic (exact) mass is 255 g/mol. The Balaban J connectivity index is 2.25. The minimum atomic E-state index is 0.777. The molecular weight excluding hydrogens is 242 g/mol. The molecule has 0 unspecified atom stereocenters. The standard InChI is InChI=1S/C14H13N3O2/c1-18-10-3-4-13(19-2)11(7-10)12-8-16-14-9-15-5-6-17(12)14/h3-9H,1-2H3. The average Bonchev–Trinajstić information content (AvgIpc) is 2.90. The highest BCUT2D eigenvalue weighted by molar-refractivity contribution is 5.71. The van der Waals surface area contributed by atoms with Crippen LogP contribution in [-0.4, -0.2) is 28.6 Å². The van der Waals surface area contributed by atoms with Crippen LogP contribution in [0.25, 0.3) is 16.9 Å².